The molecule has 0 atom stereocenters. The van der Waals surface area contributed by atoms with E-state index in [-0.39, 0.29) is 5.56 Å². The predicted octanol–water partition coefficient (Wildman–Crippen LogP) is 1.69. The van der Waals surface area contributed by atoms with Gasteiger partial charge in [0.1, 0.15) is 17.1 Å². The average Bonchev–Trinajstić information content (AvgIpc) is 2.48. The number of aromatic amines is 1. The Bertz CT molecular complexity index is 730. The summed E-state index contributed by atoms with van der Waals surface area (Å²) >= 11 is 5.98. The zero-order valence-corrected chi connectivity index (χ0v) is 12.0. The third-order valence-corrected chi connectivity index (χ3v) is 2.98. The van der Waals surface area contributed by atoms with Gasteiger partial charge >= 0.3 is 0 Å². The zero-order chi connectivity index (χ0) is 15.4. The van der Waals surface area contributed by atoms with Crippen LogP contribution in [0.4, 0.5) is 5.69 Å². The number of nitrogens with one attached hydrogen (secondary N) is 2. The number of H-pyrrole nitrogens is 1. The number of carbonyl (C=O) groups is 1. The maximum atomic E-state index is 12.1. The number of carbonyl (C=O) groups excluding carboxylic acids is 1. The quantitative estimate of drug-likeness (QED) is 0.896. The first-order chi connectivity index (χ1) is 10.1. The molecule has 1 amide bonds. The van der Waals surface area contributed by atoms with Crippen LogP contribution in [0.15, 0.2) is 29.5 Å². The molecule has 110 valence electrons. The minimum Gasteiger partial charge on any atom is -0.495 e. The van der Waals surface area contributed by atoms with Gasteiger partial charge in [-0.3, -0.25) is 9.59 Å². The maximum absolute atomic E-state index is 12.1. The Kier molecular flexibility index (Phi) is 4.44. The average molecular weight is 310 g/mol. The van der Waals surface area contributed by atoms with Crippen molar-refractivity contribution in [3.63, 3.8) is 0 Å². The molecule has 8 heteroatoms. The highest BCUT2D eigenvalue weighted by Gasteiger charge is 2.15. The minimum atomic E-state index is -0.618. The van der Waals surface area contributed by atoms with Crippen LogP contribution in [-0.2, 0) is 0 Å². The summed E-state index contributed by atoms with van der Waals surface area (Å²) in [7, 11) is 2.88. The van der Waals surface area contributed by atoms with Crippen molar-refractivity contribution < 1.29 is 14.3 Å². The van der Waals surface area contributed by atoms with E-state index in [2.05, 4.69) is 15.3 Å². The van der Waals surface area contributed by atoms with Crippen molar-refractivity contribution in [1.29, 1.82) is 0 Å². The number of rotatable bonds is 4. The summed E-state index contributed by atoms with van der Waals surface area (Å²) in [6.45, 7) is 0. The molecule has 1 aromatic carbocycles. The Morgan fingerprint density at radius 1 is 1.29 bits per heavy atom. The van der Waals surface area contributed by atoms with Gasteiger partial charge in [-0.2, -0.15) is 0 Å². The summed E-state index contributed by atoms with van der Waals surface area (Å²) < 4.78 is 10.2. The molecule has 0 fully saturated rings. The van der Waals surface area contributed by atoms with Crippen LogP contribution in [0.2, 0.25) is 5.02 Å². The molecule has 2 rings (SSSR count). The Labute approximate surface area is 124 Å². The molecule has 7 nitrogen and oxygen atoms in total. The summed E-state index contributed by atoms with van der Waals surface area (Å²) in [6, 6.07) is 3.01. The highest BCUT2D eigenvalue weighted by atomic mass is 35.5. The van der Waals surface area contributed by atoms with E-state index in [4.69, 9.17) is 21.1 Å². The molecule has 0 unspecified atom stereocenters. The number of halogens is 1. The van der Waals surface area contributed by atoms with Crippen LogP contribution in [-0.4, -0.2) is 30.1 Å². The fourth-order valence-corrected chi connectivity index (χ4v) is 1.88. The summed E-state index contributed by atoms with van der Waals surface area (Å²) in [5.74, 6) is 0.0920. The van der Waals surface area contributed by atoms with Crippen LogP contribution in [0.25, 0.3) is 0 Å². The highest BCUT2D eigenvalue weighted by Crippen LogP contribution is 2.35. The maximum Gasteiger partial charge on any atom is 0.263 e. The number of methoxy groups -OCH3 is 2. The van der Waals surface area contributed by atoms with E-state index in [1.807, 2.05) is 0 Å². The second kappa shape index (κ2) is 6.27. The van der Waals surface area contributed by atoms with Gasteiger partial charge in [0.05, 0.1) is 31.3 Å². The lowest BCUT2D eigenvalue weighted by Gasteiger charge is -2.12. The molecule has 0 bridgehead atoms. The molecule has 0 radical (unpaired) electrons. The Balaban J connectivity index is 2.37. The molecule has 0 aliphatic carbocycles. The zero-order valence-electron chi connectivity index (χ0n) is 11.3. The molecule has 0 saturated carbocycles. The first kappa shape index (κ1) is 14.9. The monoisotopic (exact) mass is 309 g/mol. The smallest absolute Gasteiger partial charge is 0.263 e. The Morgan fingerprint density at radius 3 is 2.62 bits per heavy atom. The Hall–Kier alpha value is -2.54. The van der Waals surface area contributed by atoms with Gasteiger partial charge in [-0.15, -0.1) is 0 Å². The molecule has 21 heavy (non-hydrogen) atoms. The molecule has 0 saturated heterocycles. The van der Waals surface area contributed by atoms with Crippen molar-refractivity contribution in [2.75, 3.05) is 19.5 Å². The van der Waals surface area contributed by atoms with Crippen LogP contribution in [0.5, 0.6) is 11.5 Å². The predicted molar refractivity (Wildman–Crippen MR) is 77.4 cm³/mol. The SMILES string of the molecule is COc1cc(NC(=O)c2cnc[nH]c2=O)c(OC)cc1Cl. The van der Waals surface area contributed by atoms with Gasteiger partial charge in [0.15, 0.2) is 0 Å². The van der Waals surface area contributed by atoms with E-state index < -0.39 is 11.5 Å². The lowest BCUT2D eigenvalue weighted by Crippen LogP contribution is -2.23. The third kappa shape index (κ3) is 3.14. The lowest BCUT2D eigenvalue weighted by atomic mass is 10.2. The van der Waals surface area contributed by atoms with Gasteiger partial charge in [0.2, 0.25) is 0 Å². The van der Waals surface area contributed by atoms with Crippen molar-refractivity contribution in [2.45, 2.75) is 0 Å². The van der Waals surface area contributed by atoms with Crippen molar-refractivity contribution in [3.05, 3.63) is 45.6 Å². The number of aromatic nitrogens is 2. The normalized spacial score (nSPS) is 10.0. The van der Waals surface area contributed by atoms with Crippen LogP contribution in [0, 0.1) is 0 Å². The molecule has 2 aromatic rings. The second-order valence-electron chi connectivity index (χ2n) is 3.94. The summed E-state index contributed by atoms with van der Waals surface area (Å²) in [4.78, 5) is 29.7. The van der Waals surface area contributed by atoms with E-state index in [0.29, 0.717) is 22.2 Å². The number of hydrogen-bond donors (Lipinski definition) is 2. The standard InChI is InChI=1S/C13H12ClN3O4/c1-20-10-4-9(11(21-2)3-8(10)14)17-13(19)7-5-15-6-16-12(7)18/h3-6H,1-2H3,(H,17,19)(H,15,16,18). The molecule has 1 aromatic heterocycles. The molecular weight excluding hydrogens is 298 g/mol. The van der Waals surface area contributed by atoms with Crippen molar-refractivity contribution in [1.82, 2.24) is 9.97 Å². The first-order valence-corrected chi connectivity index (χ1v) is 6.20. The van der Waals surface area contributed by atoms with Gasteiger partial charge in [0.25, 0.3) is 11.5 Å². The largest absolute Gasteiger partial charge is 0.495 e. The number of benzene rings is 1. The van der Waals surface area contributed by atoms with E-state index >= 15 is 0 Å². The van der Waals surface area contributed by atoms with E-state index in [0.717, 1.165) is 0 Å². The Morgan fingerprint density at radius 2 is 2.00 bits per heavy atom. The van der Waals surface area contributed by atoms with E-state index in [1.165, 1.54) is 38.9 Å². The lowest BCUT2D eigenvalue weighted by molar-refractivity contribution is 0.102. The second-order valence-corrected chi connectivity index (χ2v) is 4.34. The van der Waals surface area contributed by atoms with E-state index in [9.17, 15) is 9.59 Å². The number of anilines is 1. The van der Waals surface area contributed by atoms with Crippen molar-refractivity contribution >= 4 is 23.2 Å². The summed E-state index contributed by atoms with van der Waals surface area (Å²) in [5.41, 5.74) is -0.331. The van der Waals surface area contributed by atoms with Crippen LogP contribution < -0.4 is 20.3 Å². The van der Waals surface area contributed by atoms with Crippen LogP contribution >= 0.6 is 11.6 Å². The molecule has 0 aliphatic heterocycles. The molecule has 1 heterocycles. The molecule has 0 spiro atoms. The fraction of sp³-hybridized carbons (Fsp3) is 0.154. The van der Waals surface area contributed by atoms with Gasteiger partial charge in [0, 0.05) is 18.3 Å². The van der Waals surface area contributed by atoms with Gasteiger partial charge in [-0.1, -0.05) is 11.6 Å². The van der Waals surface area contributed by atoms with Crippen molar-refractivity contribution in [2.24, 2.45) is 0 Å². The van der Waals surface area contributed by atoms with Gasteiger partial charge < -0.3 is 19.8 Å². The van der Waals surface area contributed by atoms with Crippen LogP contribution in [0.1, 0.15) is 10.4 Å². The topological polar surface area (TPSA) is 93.3 Å². The van der Waals surface area contributed by atoms with E-state index in [1.54, 1.807) is 0 Å². The summed E-state index contributed by atoms with van der Waals surface area (Å²) in [5, 5.41) is 2.90. The third-order valence-electron chi connectivity index (χ3n) is 2.69. The fourth-order valence-electron chi connectivity index (χ4n) is 1.65. The summed E-state index contributed by atoms with van der Waals surface area (Å²) in [6.07, 6.45) is 2.37. The van der Waals surface area contributed by atoms with Crippen molar-refractivity contribution in [3.8, 4) is 11.5 Å². The number of amides is 1. The highest BCUT2D eigenvalue weighted by molar-refractivity contribution is 6.32. The number of nitrogens with zero attached hydrogens (tertiary/aromatic N) is 1. The molecular formula is C13H12ClN3O4. The molecule has 0 aliphatic rings. The number of hydrogen-bond acceptors (Lipinski definition) is 5. The van der Waals surface area contributed by atoms with Gasteiger partial charge in [-0.25, -0.2) is 4.98 Å². The van der Waals surface area contributed by atoms with Gasteiger partial charge in [-0.05, 0) is 0 Å². The minimum absolute atomic E-state index is 0.117. The van der Waals surface area contributed by atoms with Crippen LogP contribution in [0.3, 0.4) is 0 Å². The first-order valence-electron chi connectivity index (χ1n) is 5.82. The number of ether oxygens (including phenoxy) is 2. The molecule has 2 N–H and O–H groups in total.